The highest BCUT2D eigenvalue weighted by Crippen LogP contribution is 2.37. The Labute approximate surface area is 140 Å². The van der Waals surface area contributed by atoms with Gasteiger partial charge in [0, 0.05) is 0 Å². The maximum absolute atomic E-state index is 11.2. The summed E-state index contributed by atoms with van der Waals surface area (Å²) in [6.07, 6.45) is 0.881. The van der Waals surface area contributed by atoms with Crippen molar-refractivity contribution in [2.45, 2.75) is 57.5 Å². The summed E-state index contributed by atoms with van der Waals surface area (Å²) < 4.78 is 6.38. The second-order valence-corrected chi connectivity index (χ2v) is 12.1. The Kier molecular flexibility index (Phi) is 6.59. The van der Waals surface area contributed by atoms with Crippen molar-refractivity contribution in [2.75, 3.05) is 0 Å². The van der Waals surface area contributed by atoms with Crippen LogP contribution in [0.1, 0.15) is 26.3 Å². The number of benzene rings is 1. The van der Waals surface area contributed by atoms with Gasteiger partial charge in [0.25, 0.3) is 0 Å². The van der Waals surface area contributed by atoms with Crippen molar-refractivity contribution in [1.29, 1.82) is 0 Å². The van der Waals surface area contributed by atoms with Crippen LogP contribution >= 0.6 is 0 Å². The lowest BCUT2D eigenvalue weighted by Gasteiger charge is -2.40. The highest BCUT2D eigenvalue weighted by Gasteiger charge is 2.40. The van der Waals surface area contributed by atoms with E-state index >= 15 is 0 Å². The molecule has 5 heteroatoms. The first-order valence-electron chi connectivity index (χ1n) is 7.90. The Morgan fingerprint density at radius 1 is 1.35 bits per heavy atom. The maximum Gasteiger partial charge on any atom is 0.404 e. The minimum Gasteiger partial charge on any atom is -0.465 e. The molecule has 1 aromatic carbocycles. The quantitative estimate of drug-likeness (QED) is 0.572. The van der Waals surface area contributed by atoms with Gasteiger partial charge in [-0.2, -0.15) is 0 Å². The standard InChI is InChI=1S/C18H29NO3Si/c1-7-16(22-23(5,6)18(2,3)4)15(19-17(20)21)13-14-11-9-8-10-12-14/h7-12,15-16,19H,1,13H2,2-6H3,(H,20,21)/t15-,16+/m0/s1. The van der Waals surface area contributed by atoms with E-state index in [0.717, 1.165) is 5.56 Å². The van der Waals surface area contributed by atoms with E-state index < -0.39 is 14.4 Å². The van der Waals surface area contributed by atoms with Crippen LogP contribution in [0.15, 0.2) is 43.0 Å². The number of carbonyl (C=O) groups is 1. The van der Waals surface area contributed by atoms with Crippen LogP contribution in [0, 0.1) is 0 Å². The molecule has 0 spiro atoms. The van der Waals surface area contributed by atoms with E-state index in [0.29, 0.717) is 6.42 Å². The maximum atomic E-state index is 11.2. The number of rotatable bonds is 7. The first kappa shape index (κ1) is 19.5. The number of amides is 1. The number of carboxylic acid groups (broad SMARTS) is 1. The predicted molar refractivity (Wildman–Crippen MR) is 97.4 cm³/mol. The molecular formula is C18H29NO3Si. The van der Waals surface area contributed by atoms with Crippen LogP contribution in [0.3, 0.4) is 0 Å². The van der Waals surface area contributed by atoms with Crippen molar-refractivity contribution in [2.24, 2.45) is 0 Å². The van der Waals surface area contributed by atoms with E-state index in [9.17, 15) is 9.90 Å². The molecular weight excluding hydrogens is 306 g/mol. The van der Waals surface area contributed by atoms with Crippen molar-refractivity contribution in [3.8, 4) is 0 Å². The first-order valence-corrected chi connectivity index (χ1v) is 10.8. The fourth-order valence-electron chi connectivity index (χ4n) is 2.09. The number of hydrogen-bond acceptors (Lipinski definition) is 2. The summed E-state index contributed by atoms with van der Waals surface area (Å²) in [6, 6.07) is 9.46. The second kappa shape index (κ2) is 7.79. The van der Waals surface area contributed by atoms with E-state index in [1.807, 2.05) is 30.3 Å². The topological polar surface area (TPSA) is 58.6 Å². The summed E-state index contributed by atoms with van der Waals surface area (Å²) in [6.45, 7) is 14.7. The van der Waals surface area contributed by atoms with Gasteiger partial charge in [0.2, 0.25) is 0 Å². The molecule has 0 saturated carbocycles. The molecule has 0 unspecified atom stereocenters. The molecule has 0 radical (unpaired) electrons. The second-order valence-electron chi connectivity index (χ2n) is 7.32. The zero-order valence-electron chi connectivity index (χ0n) is 14.8. The van der Waals surface area contributed by atoms with Crippen molar-refractivity contribution in [3.05, 3.63) is 48.6 Å². The molecule has 1 rings (SSSR count). The molecule has 0 aliphatic heterocycles. The molecule has 0 aromatic heterocycles. The Bertz CT molecular complexity index is 523. The van der Waals surface area contributed by atoms with Gasteiger partial charge in [-0.05, 0) is 30.1 Å². The Balaban J connectivity index is 2.98. The summed E-state index contributed by atoms with van der Waals surface area (Å²) in [7, 11) is -2.02. The Morgan fingerprint density at radius 2 is 1.91 bits per heavy atom. The Hall–Kier alpha value is -1.59. The van der Waals surface area contributed by atoms with E-state index in [4.69, 9.17) is 4.43 Å². The highest BCUT2D eigenvalue weighted by atomic mass is 28.4. The van der Waals surface area contributed by atoms with E-state index in [2.05, 4.69) is 45.8 Å². The zero-order chi connectivity index (χ0) is 17.7. The van der Waals surface area contributed by atoms with E-state index in [1.54, 1.807) is 6.08 Å². The van der Waals surface area contributed by atoms with Gasteiger partial charge in [0.1, 0.15) is 0 Å². The SMILES string of the molecule is C=C[C@@H](O[Si](C)(C)C(C)(C)C)[C@H](Cc1ccccc1)NC(=O)O. The molecule has 0 aliphatic rings. The third-order valence-electron chi connectivity index (χ3n) is 4.47. The lowest BCUT2D eigenvalue weighted by molar-refractivity contribution is 0.154. The van der Waals surface area contributed by atoms with Crippen molar-refractivity contribution in [3.63, 3.8) is 0 Å². The molecule has 0 aliphatic carbocycles. The van der Waals surface area contributed by atoms with Crippen LogP contribution in [-0.4, -0.2) is 31.7 Å². The average molecular weight is 336 g/mol. The van der Waals surface area contributed by atoms with E-state index in [1.165, 1.54) is 0 Å². The molecule has 1 amide bonds. The third kappa shape index (κ3) is 5.84. The minimum absolute atomic E-state index is 0.0504. The summed E-state index contributed by atoms with van der Waals surface area (Å²) in [5.41, 5.74) is 1.07. The molecule has 2 N–H and O–H groups in total. The van der Waals surface area contributed by atoms with Crippen LogP contribution < -0.4 is 5.32 Å². The van der Waals surface area contributed by atoms with Crippen LogP contribution in [0.4, 0.5) is 4.79 Å². The van der Waals surface area contributed by atoms with Crippen LogP contribution in [0.2, 0.25) is 18.1 Å². The average Bonchev–Trinajstić information content (AvgIpc) is 2.43. The molecule has 0 fully saturated rings. The molecule has 0 saturated heterocycles. The molecule has 2 atom stereocenters. The highest BCUT2D eigenvalue weighted by molar-refractivity contribution is 6.74. The molecule has 1 aromatic rings. The number of nitrogens with one attached hydrogen (secondary N) is 1. The lowest BCUT2D eigenvalue weighted by Crippen LogP contribution is -2.51. The fraction of sp³-hybridized carbons (Fsp3) is 0.500. The summed E-state index contributed by atoms with van der Waals surface area (Å²) in [5.74, 6) is 0. The third-order valence-corrected chi connectivity index (χ3v) is 8.95. The van der Waals surface area contributed by atoms with Crippen molar-refractivity contribution >= 4 is 14.4 Å². The predicted octanol–water partition coefficient (Wildman–Crippen LogP) is 4.44. The molecule has 0 bridgehead atoms. The van der Waals surface area contributed by atoms with Gasteiger partial charge in [0.05, 0.1) is 12.1 Å². The van der Waals surface area contributed by atoms with E-state index in [-0.39, 0.29) is 17.2 Å². The van der Waals surface area contributed by atoms with Crippen LogP contribution in [-0.2, 0) is 10.8 Å². The number of hydrogen-bond donors (Lipinski definition) is 2. The zero-order valence-corrected chi connectivity index (χ0v) is 15.8. The molecule has 0 heterocycles. The lowest BCUT2D eigenvalue weighted by atomic mass is 10.0. The monoisotopic (exact) mass is 335 g/mol. The van der Waals surface area contributed by atoms with Crippen molar-refractivity contribution in [1.82, 2.24) is 5.32 Å². The fourth-order valence-corrected chi connectivity index (χ4v) is 3.38. The van der Waals surface area contributed by atoms with Gasteiger partial charge >= 0.3 is 6.09 Å². The van der Waals surface area contributed by atoms with Gasteiger partial charge in [0.15, 0.2) is 8.32 Å². The summed E-state index contributed by atoms with van der Waals surface area (Å²) in [4.78, 5) is 11.2. The minimum atomic E-state index is -2.02. The van der Waals surface area contributed by atoms with Gasteiger partial charge in [-0.25, -0.2) is 4.79 Å². The summed E-state index contributed by atoms with van der Waals surface area (Å²) >= 11 is 0. The molecule has 23 heavy (non-hydrogen) atoms. The largest absolute Gasteiger partial charge is 0.465 e. The molecule has 4 nitrogen and oxygen atoms in total. The van der Waals surface area contributed by atoms with Crippen molar-refractivity contribution < 1.29 is 14.3 Å². The normalized spacial score (nSPS) is 14.8. The smallest absolute Gasteiger partial charge is 0.404 e. The van der Waals surface area contributed by atoms with Gasteiger partial charge in [-0.15, -0.1) is 6.58 Å². The van der Waals surface area contributed by atoms with Gasteiger partial charge in [-0.3, -0.25) is 0 Å². The van der Waals surface area contributed by atoms with Gasteiger partial charge < -0.3 is 14.8 Å². The first-order chi connectivity index (χ1) is 10.6. The Morgan fingerprint density at radius 3 is 2.35 bits per heavy atom. The van der Waals surface area contributed by atoms with Crippen LogP contribution in [0.25, 0.3) is 0 Å². The summed E-state index contributed by atoms with van der Waals surface area (Å²) in [5, 5.41) is 11.8. The van der Waals surface area contributed by atoms with Gasteiger partial charge in [-0.1, -0.05) is 57.2 Å². The molecule has 128 valence electrons. The van der Waals surface area contributed by atoms with Crippen LogP contribution in [0.5, 0.6) is 0 Å².